The summed E-state index contributed by atoms with van der Waals surface area (Å²) in [5, 5.41) is 2.05. The second-order valence-electron chi connectivity index (χ2n) is 5.32. The van der Waals surface area contributed by atoms with Crippen molar-refractivity contribution in [2.24, 2.45) is 5.73 Å². The van der Waals surface area contributed by atoms with Crippen molar-refractivity contribution in [3.05, 3.63) is 47.5 Å². The Morgan fingerprint density at radius 3 is 2.12 bits per heavy atom. The molecule has 2 nitrogen and oxygen atoms in total. The van der Waals surface area contributed by atoms with Gasteiger partial charge in [0.05, 0.1) is 0 Å². The zero-order valence-corrected chi connectivity index (χ0v) is 10.4. The summed E-state index contributed by atoms with van der Waals surface area (Å²) in [7, 11) is 0. The Morgan fingerprint density at radius 1 is 1.00 bits per heavy atom. The van der Waals surface area contributed by atoms with Crippen LogP contribution in [0.5, 0.6) is 0 Å². The molecule has 0 spiro atoms. The van der Waals surface area contributed by atoms with E-state index in [1.54, 1.807) is 0 Å². The number of fused-ring (bicyclic) bond motifs is 1. The molecule has 0 aromatic heterocycles. The lowest BCUT2D eigenvalue weighted by Gasteiger charge is -2.22. The van der Waals surface area contributed by atoms with E-state index in [1.165, 1.54) is 5.56 Å². The van der Waals surface area contributed by atoms with Crippen molar-refractivity contribution in [1.29, 1.82) is 0 Å². The highest BCUT2D eigenvalue weighted by Gasteiger charge is 2.18. The highest BCUT2D eigenvalue weighted by atomic mass is 16.1. The maximum absolute atomic E-state index is 11.4. The van der Waals surface area contributed by atoms with Crippen LogP contribution in [0.1, 0.15) is 36.7 Å². The van der Waals surface area contributed by atoms with Crippen molar-refractivity contribution < 1.29 is 4.79 Å². The van der Waals surface area contributed by atoms with Crippen molar-refractivity contribution in [3.63, 3.8) is 0 Å². The molecule has 0 aliphatic rings. The molecule has 0 heterocycles. The zero-order valence-electron chi connectivity index (χ0n) is 10.4. The monoisotopic (exact) mass is 227 g/mol. The van der Waals surface area contributed by atoms with Gasteiger partial charge in [-0.1, -0.05) is 51.1 Å². The number of carbonyl (C=O) groups excluding carboxylic acids is 1. The Kier molecular flexibility index (Phi) is 2.66. The molecule has 0 atom stereocenters. The summed E-state index contributed by atoms with van der Waals surface area (Å²) < 4.78 is 0. The van der Waals surface area contributed by atoms with Crippen molar-refractivity contribution in [2.45, 2.75) is 26.2 Å². The molecule has 2 aromatic carbocycles. The molecule has 2 rings (SSSR count). The summed E-state index contributed by atoms with van der Waals surface area (Å²) >= 11 is 0. The first-order chi connectivity index (χ1) is 7.91. The van der Waals surface area contributed by atoms with Gasteiger partial charge in [-0.25, -0.2) is 0 Å². The van der Waals surface area contributed by atoms with Crippen molar-refractivity contribution in [1.82, 2.24) is 0 Å². The molecule has 17 heavy (non-hydrogen) atoms. The lowest BCUT2D eigenvalue weighted by molar-refractivity contribution is 0.100. The summed E-state index contributed by atoms with van der Waals surface area (Å²) in [4.78, 5) is 11.4. The minimum atomic E-state index is -0.373. The molecular formula is C15H17NO. The minimum Gasteiger partial charge on any atom is -0.366 e. The third-order valence-corrected chi connectivity index (χ3v) is 3.00. The Balaban J connectivity index is 2.85. The molecule has 0 saturated carbocycles. The first-order valence-corrected chi connectivity index (χ1v) is 5.73. The summed E-state index contributed by atoms with van der Waals surface area (Å²) in [6.07, 6.45) is 0. The molecular weight excluding hydrogens is 210 g/mol. The quantitative estimate of drug-likeness (QED) is 0.798. The van der Waals surface area contributed by atoms with Crippen LogP contribution < -0.4 is 5.73 Å². The van der Waals surface area contributed by atoms with Crippen LogP contribution in [0.2, 0.25) is 0 Å². The van der Waals surface area contributed by atoms with Gasteiger partial charge in [0.2, 0.25) is 5.91 Å². The van der Waals surface area contributed by atoms with Crippen molar-refractivity contribution in [3.8, 4) is 0 Å². The Hall–Kier alpha value is -1.83. The van der Waals surface area contributed by atoms with E-state index in [0.29, 0.717) is 5.56 Å². The lowest BCUT2D eigenvalue weighted by Crippen LogP contribution is -2.15. The third-order valence-electron chi connectivity index (χ3n) is 3.00. The molecule has 88 valence electrons. The second kappa shape index (κ2) is 3.88. The van der Waals surface area contributed by atoms with Crippen molar-refractivity contribution in [2.75, 3.05) is 0 Å². The van der Waals surface area contributed by atoms with E-state index in [9.17, 15) is 4.79 Å². The van der Waals surface area contributed by atoms with Gasteiger partial charge >= 0.3 is 0 Å². The van der Waals surface area contributed by atoms with Gasteiger partial charge in [-0.15, -0.1) is 0 Å². The van der Waals surface area contributed by atoms with Gasteiger partial charge in [0.1, 0.15) is 0 Å². The third kappa shape index (κ3) is 2.03. The largest absolute Gasteiger partial charge is 0.366 e. The van der Waals surface area contributed by atoms with Gasteiger partial charge < -0.3 is 5.73 Å². The molecule has 0 bridgehead atoms. The smallest absolute Gasteiger partial charge is 0.249 e. The van der Waals surface area contributed by atoms with Gasteiger partial charge in [0.25, 0.3) is 0 Å². The van der Waals surface area contributed by atoms with E-state index in [4.69, 9.17) is 5.73 Å². The van der Waals surface area contributed by atoms with Crippen LogP contribution in [0.25, 0.3) is 10.8 Å². The average molecular weight is 227 g/mol. The summed E-state index contributed by atoms with van der Waals surface area (Å²) in [5.41, 5.74) is 7.28. The second-order valence-corrected chi connectivity index (χ2v) is 5.32. The molecule has 2 heteroatoms. The van der Waals surface area contributed by atoms with E-state index in [-0.39, 0.29) is 11.3 Å². The number of hydrogen-bond acceptors (Lipinski definition) is 1. The molecule has 0 aliphatic carbocycles. The zero-order chi connectivity index (χ0) is 12.6. The first-order valence-electron chi connectivity index (χ1n) is 5.73. The van der Waals surface area contributed by atoms with Gasteiger partial charge in [-0.3, -0.25) is 4.79 Å². The average Bonchev–Trinajstić information content (AvgIpc) is 2.26. The fraction of sp³-hybridized carbons (Fsp3) is 0.267. The molecule has 1 amide bonds. The molecule has 2 aromatic rings. The van der Waals surface area contributed by atoms with E-state index in [0.717, 1.165) is 10.8 Å². The summed E-state index contributed by atoms with van der Waals surface area (Å²) in [6.45, 7) is 6.50. The number of carbonyl (C=O) groups is 1. The standard InChI is InChI=1S/C15H17NO/c1-15(2,3)13-9-8-12(14(16)17)10-6-4-5-7-11(10)13/h4-9H,1-3H3,(H2,16,17). The van der Waals surface area contributed by atoms with Crippen LogP contribution in [-0.4, -0.2) is 5.91 Å². The first kappa shape index (κ1) is 11.6. The predicted molar refractivity (Wildman–Crippen MR) is 71.2 cm³/mol. The molecule has 0 fully saturated rings. The lowest BCUT2D eigenvalue weighted by atomic mass is 9.82. The Labute approximate surface area is 101 Å². The molecule has 0 saturated heterocycles. The molecule has 0 aliphatic heterocycles. The van der Waals surface area contributed by atoms with E-state index >= 15 is 0 Å². The van der Waals surface area contributed by atoms with E-state index in [2.05, 4.69) is 20.8 Å². The normalized spacial score (nSPS) is 11.7. The number of rotatable bonds is 1. The Bertz CT molecular complexity index is 579. The van der Waals surface area contributed by atoms with Gasteiger partial charge in [-0.2, -0.15) is 0 Å². The van der Waals surface area contributed by atoms with Crippen LogP contribution in [0.15, 0.2) is 36.4 Å². The SMILES string of the molecule is CC(C)(C)c1ccc(C(N)=O)c2ccccc12. The van der Waals surface area contributed by atoms with Gasteiger partial charge in [-0.05, 0) is 27.8 Å². The summed E-state index contributed by atoms with van der Waals surface area (Å²) in [6, 6.07) is 11.7. The van der Waals surface area contributed by atoms with E-state index < -0.39 is 0 Å². The summed E-state index contributed by atoms with van der Waals surface area (Å²) in [5.74, 6) is -0.373. The van der Waals surface area contributed by atoms with Crippen LogP contribution >= 0.6 is 0 Å². The number of nitrogens with two attached hydrogens (primary N) is 1. The van der Waals surface area contributed by atoms with Crippen LogP contribution in [-0.2, 0) is 5.41 Å². The highest BCUT2D eigenvalue weighted by molar-refractivity contribution is 6.07. The van der Waals surface area contributed by atoms with Gasteiger partial charge in [0, 0.05) is 5.56 Å². The fourth-order valence-corrected chi connectivity index (χ4v) is 2.17. The highest BCUT2D eigenvalue weighted by Crippen LogP contribution is 2.31. The van der Waals surface area contributed by atoms with Crippen LogP contribution in [0.3, 0.4) is 0 Å². The number of amides is 1. The topological polar surface area (TPSA) is 43.1 Å². The number of primary amides is 1. The van der Waals surface area contributed by atoms with Crippen LogP contribution in [0.4, 0.5) is 0 Å². The fourth-order valence-electron chi connectivity index (χ4n) is 2.17. The van der Waals surface area contributed by atoms with Crippen LogP contribution in [0, 0.1) is 0 Å². The maximum atomic E-state index is 11.4. The maximum Gasteiger partial charge on any atom is 0.249 e. The molecule has 0 unspecified atom stereocenters. The molecule has 2 N–H and O–H groups in total. The van der Waals surface area contributed by atoms with Crippen molar-refractivity contribution >= 4 is 16.7 Å². The minimum absolute atomic E-state index is 0.0514. The molecule has 0 radical (unpaired) electrons. The number of hydrogen-bond donors (Lipinski definition) is 1. The Morgan fingerprint density at radius 2 is 1.59 bits per heavy atom. The van der Waals surface area contributed by atoms with Gasteiger partial charge in [0.15, 0.2) is 0 Å². The predicted octanol–water partition coefficient (Wildman–Crippen LogP) is 3.24. The van der Waals surface area contributed by atoms with E-state index in [1.807, 2.05) is 36.4 Å². The number of benzene rings is 2.